The number of thiophene rings is 1. The molecule has 0 spiro atoms. The van der Waals surface area contributed by atoms with E-state index in [1.165, 1.54) is 15.6 Å². The summed E-state index contributed by atoms with van der Waals surface area (Å²) in [6.07, 6.45) is 0.822. The molecule has 1 aromatic carbocycles. The highest BCUT2D eigenvalue weighted by Crippen LogP contribution is 2.26. The van der Waals surface area contributed by atoms with Crippen LogP contribution in [-0.4, -0.2) is 49.7 Å². The van der Waals surface area contributed by atoms with Crippen molar-refractivity contribution in [3.05, 3.63) is 51.9 Å². The van der Waals surface area contributed by atoms with Gasteiger partial charge in [-0.3, -0.25) is 4.79 Å². The summed E-state index contributed by atoms with van der Waals surface area (Å²) in [5, 5.41) is 0.511. The van der Waals surface area contributed by atoms with Crippen molar-refractivity contribution in [3.63, 3.8) is 0 Å². The van der Waals surface area contributed by atoms with E-state index in [2.05, 4.69) is 0 Å². The lowest BCUT2D eigenvalue weighted by Gasteiger charge is -2.33. The summed E-state index contributed by atoms with van der Waals surface area (Å²) in [6.45, 7) is 3.34. The van der Waals surface area contributed by atoms with Crippen molar-refractivity contribution in [1.82, 2.24) is 9.21 Å². The quantitative estimate of drug-likeness (QED) is 0.795. The van der Waals surface area contributed by atoms with Crippen LogP contribution in [0, 0.1) is 0 Å². The molecular formula is C17H19ClN2O3S2. The molecule has 1 aromatic heterocycles. The molecule has 8 heteroatoms. The van der Waals surface area contributed by atoms with Gasteiger partial charge in [-0.15, -0.1) is 11.3 Å². The fourth-order valence-corrected chi connectivity index (χ4v) is 5.81. The van der Waals surface area contributed by atoms with Crippen molar-refractivity contribution in [3.8, 4) is 0 Å². The lowest BCUT2D eigenvalue weighted by atomic mass is 10.2. The molecular weight excluding hydrogens is 380 g/mol. The largest absolute Gasteiger partial charge is 0.336 e. The SMILES string of the molecule is CCc1ccc(S(=O)(=O)N2CCN(C(=O)c3cccc(Cl)c3)CC2)s1. The van der Waals surface area contributed by atoms with Crippen LogP contribution in [0.15, 0.2) is 40.6 Å². The Morgan fingerprint density at radius 1 is 1.16 bits per heavy atom. The molecule has 0 N–H and O–H groups in total. The second kappa shape index (κ2) is 7.45. The Morgan fingerprint density at radius 2 is 1.88 bits per heavy atom. The molecule has 1 amide bonds. The molecule has 134 valence electrons. The fourth-order valence-electron chi connectivity index (χ4n) is 2.75. The van der Waals surface area contributed by atoms with Crippen LogP contribution in [0.2, 0.25) is 5.02 Å². The molecule has 3 rings (SSSR count). The third-order valence-corrected chi connectivity index (χ3v) is 8.01. The zero-order chi connectivity index (χ0) is 18.0. The number of hydrogen-bond donors (Lipinski definition) is 0. The minimum atomic E-state index is -3.48. The monoisotopic (exact) mass is 398 g/mol. The Hall–Kier alpha value is -1.41. The van der Waals surface area contributed by atoms with Crippen molar-refractivity contribution in [2.24, 2.45) is 0 Å². The lowest BCUT2D eigenvalue weighted by Crippen LogP contribution is -2.50. The van der Waals surface area contributed by atoms with Crippen LogP contribution in [0.3, 0.4) is 0 Å². The first-order valence-electron chi connectivity index (χ1n) is 8.05. The predicted molar refractivity (Wildman–Crippen MR) is 99.8 cm³/mol. The lowest BCUT2D eigenvalue weighted by molar-refractivity contribution is 0.0698. The highest BCUT2D eigenvalue weighted by molar-refractivity contribution is 7.91. The number of piperazine rings is 1. The molecule has 0 unspecified atom stereocenters. The molecule has 25 heavy (non-hydrogen) atoms. The molecule has 0 saturated carbocycles. The molecule has 1 saturated heterocycles. The first kappa shape index (κ1) is 18.4. The molecule has 0 bridgehead atoms. The summed E-state index contributed by atoms with van der Waals surface area (Å²) in [6, 6.07) is 10.3. The maximum atomic E-state index is 12.7. The first-order chi connectivity index (χ1) is 11.9. The fraction of sp³-hybridized carbons (Fsp3) is 0.353. The number of amides is 1. The van der Waals surface area contributed by atoms with E-state index in [-0.39, 0.29) is 5.91 Å². The van der Waals surface area contributed by atoms with Gasteiger partial charge < -0.3 is 4.90 Å². The van der Waals surface area contributed by atoms with Gasteiger partial charge in [-0.05, 0) is 36.8 Å². The Labute approximate surface area is 156 Å². The van der Waals surface area contributed by atoms with Crippen molar-refractivity contribution in [2.75, 3.05) is 26.2 Å². The molecule has 1 aliphatic heterocycles. The van der Waals surface area contributed by atoms with E-state index in [0.717, 1.165) is 11.3 Å². The molecule has 1 fully saturated rings. The van der Waals surface area contributed by atoms with Crippen LogP contribution in [0.1, 0.15) is 22.2 Å². The summed E-state index contributed by atoms with van der Waals surface area (Å²) >= 11 is 7.25. The van der Waals surface area contributed by atoms with Gasteiger partial charge in [0, 0.05) is 41.6 Å². The van der Waals surface area contributed by atoms with Gasteiger partial charge in [0.1, 0.15) is 4.21 Å². The zero-order valence-electron chi connectivity index (χ0n) is 13.8. The number of nitrogens with zero attached hydrogens (tertiary/aromatic N) is 2. The topological polar surface area (TPSA) is 57.7 Å². The number of hydrogen-bond acceptors (Lipinski definition) is 4. The average molecular weight is 399 g/mol. The Kier molecular flexibility index (Phi) is 5.48. The number of benzene rings is 1. The maximum absolute atomic E-state index is 12.7. The van der Waals surface area contributed by atoms with Gasteiger partial charge in [0.2, 0.25) is 0 Å². The van der Waals surface area contributed by atoms with Gasteiger partial charge in [0.25, 0.3) is 15.9 Å². The highest BCUT2D eigenvalue weighted by Gasteiger charge is 2.31. The Morgan fingerprint density at radius 3 is 2.48 bits per heavy atom. The Balaban J connectivity index is 1.68. The van der Waals surface area contributed by atoms with Crippen molar-refractivity contribution >= 4 is 38.9 Å². The van der Waals surface area contributed by atoms with E-state index in [9.17, 15) is 13.2 Å². The number of aryl methyl sites for hydroxylation is 1. The third-order valence-electron chi connectivity index (χ3n) is 4.18. The van der Waals surface area contributed by atoms with E-state index < -0.39 is 10.0 Å². The molecule has 0 radical (unpaired) electrons. The molecule has 0 aliphatic carbocycles. The minimum Gasteiger partial charge on any atom is -0.336 e. The van der Waals surface area contributed by atoms with Crippen LogP contribution >= 0.6 is 22.9 Å². The standard InChI is InChI=1S/C17H19ClN2O3S2/c1-2-15-6-7-16(24-15)25(22,23)20-10-8-19(9-11-20)17(21)13-4-3-5-14(18)12-13/h3-7,12H,2,8-11H2,1H3. The van der Waals surface area contributed by atoms with Gasteiger partial charge in [0.05, 0.1) is 0 Å². The van der Waals surface area contributed by atoms with E-state index in [4.69, 9.17) is 11.6 Å². The van der Waals surface area contributed by atoms with Crippen molar-refractivity contribution in [1.29, 1.82) is 0 Å². The summed E-state index contributed by atoms with van der Waals surface area (Å²) in [5.41, 5.74) is 0.523. The summed E-state index contributed by atoms with van der Waals surface area (Å²) in [7, 11) is -3.48. The molecule has 2 aromatic rings. The summed E-state index contributed by atoms with van der Waals surface area (Å²) < 4.78 is 27.3. The second-order valence-electron chi connectivity index (χ2n) is 5.78. The molecule has 2 heterocycles. The van der Waals surface area contributed by atoms with Gasteiger partial charge in [-0.2, -0.15) is 4.31 Å². The van der Waals surface area contributed by atoms with Crippen LogP contribution in [0.25, 0.3) is 0 Å². The molecule has 5 nitrogen and oxygen atoms in total. The van der Waals surface area contributed by atoms with E-state index in [1.807, 2.05) is 13.0 Å². The maximum Gasteiger partial charge on any atom is 0.253 e. The van der Waals surface area contributed by atoms with Crippen LogP contribution in [-0.2, 0) is 16.4 Å². The van der Waals surface area contributed by atoms with Crippen molar-refractivity contribution in [2.45, 2.75) is 17.6 Å². The zero-order valence-corrected chi connectivity index (χ0v) is 16.2. The van der Waals surface area contributed by atoms with E-state index >= 15 is 0 Å². The molecule has 1 aliphatic rings. The average Bonchev–Trinajstić information content (AvgIpc) is 3.11. The van der Waals surface area contributed by atoms with Crippen LogP contribution in [0.5, 0.6) is 0 Å². The van der Waals surface area contributed by atoms with Gasteiger partial charge >= 0.3 is 0 Å². The predicted octanol–water partition coefficient (Wildman–Crippen LogP) is 3.11. The van der Waals surface area contributed by atoms with Crippen LogP contribution < -0.4 is 0 Å². The first-order valence-corrected chi connectivity index (χ1v) is 10.7. The van der Waals surface area contributed by atoms with E-state index in [0.29, 0.717) is 41.0 Å². The summed E-state index contributed by atoms with van der Waals surface area (Å²) in [4.78, 5) is 15.2. The van der Waals surface area contributed by atoms with E-state index in [1.54, 1.807) is 35.2 Å². The van der Waals surface area contributed by atoms with Gasteiger partial charge in [-0.1, -0.05) is 24.6 Å². The van der Waals surface area contributed by atoms with Crippen molar-refractivity contribution < 1.29 is 13.2 Å². The normalized spacial score (nSPS) is 16.2. The number of halogens is 1. The Bertz CT molecular complexity index is 872. The summed E-state index contributed by atoms with van der Waals surface area (Å²) in [5.74, 6) is -0.121. The second-order valence-corrected chi connectivity index (χ2v) is 9.55. The minimum absolute atomic E-state index is 0.121. The van der Waals surface area contributed by atoms with Crippen LogP contribution in [0.4, 0.5) is 0 Å². The number of carbonyl (C=O) groups is 1. The molecule has 0 atom stereocenters. The van der Waals surface area contributed by atoms with Gasteiger partial charge in [0.15, 0.2) is 0 Å². The smallest absolute Gasteiger partial charge is 0.253 e. The highest BCUT2D eigenvalue weighted by atomic mass is 35.5. The third kappa shape index (κ3) is 3.89. The number of sulfonamides is 1. The van der Waals surface area contributed by atoms with Gasteiger partial charge in [-0.25, -0.2) is 8.42 Å². The number of carbonyl (C=O) groups excluding carboxylic acids is 1. The number of rotatable bonds is 4.